The predicted molar refractivity (Wildman–Crippen MR) is 143 cm³/mol. The first-order chi connectivity index (χ1) is 17.2. The van der Waals surface area contributed by atoms with Crippen molar-refractivity contribution in [2.75, 3.05) is 18.0 Å². The average Bonchev–Trinajstić information content (AvgIpc) is 2.93. The summed E-state index contributed by atoms with van der Waals surface area (Å²) in [6.45, 7) is 14.5. The van der Waals surface area contributed by atoms with E-state index < -0.39 is 17.3 Å². The van der Waals surface area contributed by atoms with E-state index in [2.05, 4.69) is 4.98 Å². The first-order valence-corrected chi connectivity index (χ1v) is 13.0. The van der Waals surface area contributed by atoms with Crippen LogP contribution in [0, 0.1) is 6.92 Å². The Morgan fingerprint density at radius 2 is 1.65 bits per heavy atom. The quantitative estimate of drug-likeness (QED) is 0.391. The lowest BCUT2D eigenvalue weighted by atomic mass is 9.86. The van der Waals surface area contributed by atoms with Crippen LogP contribution in [0.15, 0.2) is 24.4 Å². The van der Waals surface area contributed by atoms with Gasteiger partial charge in [0.15, 0.2) is 5.82 Å². The molecule has 9 heteroatoms. The Kier molecular flexibility index (Phi) is 7.34. The fourth-order valence-electron chi connectivity index (χ4n) is 4.66. The van der Waals surface area contributed by atoms with Gasteiger partial charge in [-0.15, -0.1) is 0 Å². The molecule has 1 saturated heterocycles. The number of aromatic nitrogens is 1. The van der Waals surface area contributed by atoms with E-state index in [1.54, 1.807) is 17.2 Å². The van der Waals surface area contributed by atoms with Gasteiger partial charge < -0.3 is 19.1 Å². The lowest BCUT2D eigenvalue weighted by molar-refractivity contribution is 0.0204. The number of hydrogen-bond acceptors (Lipinski definition) is 6. The van der Waals surface area contributed by atoms with Crippen molar-refractivity contribution < 1.29 is 23.8 Å². The van der Waals surface area contributed by atoms with E-state index in [0.717, 1.165) is 24.0 Å². The zero-order valence-corrected chi connectivity index (χ0v) is 23.4. The number of benzene rings is 1. The number of carbonyl (C=O) groups is 2. The molecule has 8 nitrogen and oxygen atoms in total. The fourth-order valence-corrected chi connectivity index (χ4v) is 4.85. The highest BCUT2D eigenvalue weighted by molar-refractivity contribution is 6.31. The second-order valence-corrected chi connectivity index (χ2v) is 12.0. The van der Waals surface area contributed by atoms with Gasteiger partial charge in [-0.2, -0.15) is 0 Å². The Bertz CT molecular complexity index is 1190. The molecule has 37 heavy (non-hydrogen) atoms. The third-order valence-electron chi connectivity index (χ3n) is 6.31. The SMILES string of the molecule is Cc1cc2c(cc1C1CCN(C(=O)OC(C)(C)C)CC1)N(C(=O)OC(C)(C)C)c1nccc(Cl)c1CO2. The molecule has 200 valence electrons. The topological polar surface area (TPSA) is 81.2 Å². The van der Waals surface area contributed by atoms with Crippen LogP contribution in [-0.2, 0) is 16.1 Å². The van der Waals surface area contributed by atoms with Gasteiger partial charge in [-0.25, -0.2) is 19.5 Å². The zero-order valence-electron chi connectivity index (χ0n) is 22.7. The first-order valence-electron chi connectivity index (χ1n) is 12.7. The number of pyridine rings is 1. The summed E-state index contributed by atoms with van der Waals surface area (Å²) in [7, 11) is 0. The van der Waals surface area contributed by atoms with Crippen LogP contribution in [0.25, 0.3) is 0 Å². The summed E-state index contributed by atoms with van der Waals surface area (Å²) in [6.07, 6.45) is 2.31. The lowest BCUT2D eigenvalue weighted by Crippen LogP contribution is -2.41. The number of carbonyl (C=O) groups excluding carboxylic acids is 2. The summed E-state index contributed by atoms with van der Waals surface area (Å²) < 4.78 is 17.5. The third-order valence-corrected chi connectivity index (χ3v) is 6.66. The smallest absolute Gasteiger partial charge is 0.420 e. The molecule has 4 rings (SSSR count). The number of hydrogen-bond donors (Lipinski definition) is 0. The number of rotatable bonds is 1. The van der Waals surface area contributed by atoms with Gasteiger partial charge in [-0.3, -0.25) is 0 Å². The van der Waals surface area contributed by atoms with Crippen molar-refractivity contribution in [1.29, 1.82) is 0 Å². The monoisotopic (exact) mass is 529 g/mol. The molecule has 0 spiro atoms. The Hall–Kier alpha value is -3.00. The summed E-state index contributed by atoms with van der Waals surface area (Å²) in [5.41, 5.74) is 2.12. The van der Waals surface area contributed by atoms with Gasteiger partial charge in [0.25, 0.3) is 0 Å². The van der Waals surface area contributed by atoms with Gasteiger partial charge in [-0.05, 0) is 96.6 Å². The van der Waals surface area contributed by atoms with E-state index in [0.29, 0.717) is 40.9 Å². The van der Waals surface area contributed by atoms with Crippen LogP contribution in [0.1, 0.15) is 77.0 Å². The minimum atomic E-state index is -0.703. The van der Waals surface area contributed by atoms with Gasteiger partial charge >= 0.3 is 12.2 Å². The number of fused-ring (bicyclic) bond motifs is 2. The molecule has 0 unspecified atom stereocenters. The molecule has 0 N–H and O–H groups in total. The van der Waals surface area contributed by atoms with Crippen LogP contribution in [0.5, 0.6) is 5.75 Å². The molecule has 0 aliphatic carbocycles. The summed E-state index contributed by atoms with van der Waals surface area (Å²) in [6, 6.07) is 5.64. The molecular formula is C28H36ClN3O5. The van der Waals surface area contributed by atoms with Crippen molar-refractivity contribution in [2.24, 2.45) is 0 Å². The highest BCUT2D eigenvalue weighted by Crippen LogP contribution is 2.44. The fraction of sp³-hybridized carbons (Fsp3) is 0.536. The maximum Gasteiger partial charge on any atom is 0.420 e. The minimum absolute atomic E-state index is 0.182. The molecule has 2 amide bonds. The molecule has 2 aliphatic rings. The van der Waals surface area contributed by atoms with Crippen LogP contribution >= 0.6 is 11.6 Å². The van der Waals surface area contributed by atoms with Gasteiger partial charge in [0.2, 0.25) is 0 Å². The average molecular weight is 530 g/mol. The Labute approximate surface area is 223 Å². The van der Waals surface area contributed by atoms with Crippen molar-refractivity contribution in [2.45, 2.75) is 85.0 Å². The summed E-state index contributed by atoms with van der Waals surface area (Å²) in [4.78, 5) is 33.8. The number of halogens is 1. The largest absolute Gasteiger partial charge is 0.486 e. The third kappa shape index (κ3) is 6.12. The number of likely N-dealkylation sites (tertiary alicyclic amines) is 1. The van der Waals surface area contributed by atoms with Crippen molar-refractivity contribution in [1.82, 2.24) is 9.88 Å². The van der Waals surface area contributed by atoms with Crippen LogP contribution in [-0.4, -0.2) is 46.4 Å². The van der Waals surface area contributed by atoms with E-state index >= 15 is 0 Å². The number of piperidine rings is 1. The number of ether oxygens (including phenoxy) is 3. The molecule has 0 radical (unpaired) electrons. The molecule has 2 aliphatic heterocycles. The number of aryl methyl sites for hydroxylation is 1. The molecule has 0 bridgehead atoms. The van der Waals surface area contributed by atoms with E-state index in [1.165, 1.54) is 4.90 Å². The van der Waals surface area contributed by atoms with Crippen molar-refractivity contribution in [3.63, 3.8) is 0 Å². The zero-order chi connectivity index (χ0) is 27.1. The molecule has 0 atom stereocenters. The molecule has 0 saturated carbocycles. The second-order valence-electron chi connectivity index (χ2n) is 11.6. The Morgan fingerprint density at radius 1 is 1.03 bits per heavy atom. The Balaban J connectivity index is 1.68. The van der Waals surface area contributed by atoms with E-state index in [4.69, 9.17) is 25.8 Å². The summed E-state index contributed by atoms with van der Waals surface area (Å²) in [5.74, 6) is 1.17. The first kappa shape index (κ1) is 27.0. The minimum Gasteiger partial charge on any atom is -0.486 e. The van der Waals surface area contributed by atoms with E-state index in [1.807, 2.05) is 60.6 Å². The van der Waals surface area contributed by atoms with E-state index in [9.17, 15) is 9.59 Å². The molecule has 1 aromatic heterocycles. The van der Waals surface area contributed by atoms with Crippen LogP contribution in [0.4, 0.5) is 21.1 Å². The predicted octanol–water partition coefficient (Wildman–Crippen LogP) is 7.12. The number of anilines is 2. The molecule has 1 fully saturated rings. The van der Waals surface area contributed by atoms with Crippen molar-refractivity contribution in [3.8, 4) is 5.75 Å². The van der Waals surface area contributed by atoms with Crippen LogP contribution in [0.3, 0.4) is 0 Å². The lowest BCUT2D eigenvalue weighted by Gasteiger charge is -2.34. The van der Waals surface area contributed by atoms with Gasteiger partial charge in [0, 0.05) is 19.3 Å². The molecule has 1 aromatic carbocycles. The second kappa shape index (κ2) is 10.0. The molecule has 3 heterocycles. The normalized spacial score (nSPS) is 16.3. The van der Waals surface area contributed by atoms with Crippen LogP contribution < -0.4 is 9.64 Å². The van der Waals surface area contributed by atoms with Gasteiger partial charge in [0.1, 0.15) is 23.6 Å². The maximum absolute atomic E-state index is 13.5. The maximum atomic E-state index is 13.5. The summed E-state index contributed by atoms with van der Waals surface area (Å²) in [5, 5.41) is 0.470. The van der Waals surface area contributed by atoms with Crippen molar-refractivity contribution in [3.05, 3.63) is 46.1 Å². The number of amides is 2. The van der Waals surface area contributed by atoms with E-state index in [-0.39, 0.29) is 18.6 Å². The van der Waals surface area contributed by atoms with Gasteiger partial charge in [0.05, 0.1) is 16.3 Å². The van der Waals surface area contributed by atoms with Crippen LogP contribution in [0.2, 0.25) is 5.02 Å². The van der Waals surface area contributed by atoms with Crippen molar-refractivity contribution >= 4 is 35.3 Å². The summed E-state index contributed by atoms with van der Waals surface area (Å²) >= 11 is 6.48. The Morgan fingerprint density at radius 3 is 2.27 bits per heavy atom. The standard InChI is InChI=1S/C28H36ClN3O5/c1-17-14-23-22(15-19(17)18-9-12-31(13-10-18)25(33)36-27(2,3)4)32(26(34)37-28(5,6)7)24-20(16-35-23)21(29)8-11-30-24/h8,11,14-15,18H,9-10,12-13,16H2,1-7H3. The number of nitrogens with zero attached hydrogens (tertiary/aromatic N) is 3. The highest BCUT2D eigenvalue weighted by atomic mass is 35.5. The molecule has 2 aromatic rings. The van der Waals surface area contributed by atoms with Gasteiger partial charge in [-0.1, -0.05) is 11.6 Å². The highest BCUT2D eigenvalue weighted by Gasteiger charge is 2.35. The molecular weight excluding hydrogens is 494 g/mol.